The highest BCUT2D eigenvalue weighted by Crippen LogP contribution is 2.01. The monoisotopic (exact) mass is 498 g/mol. The van der Waals surface area contributed by atoms with Crippen LogP contribution in [0.15, 0.2) is 0 Å². The minimum atomic E-state index is 0.00871. The maximum absolute atomic E-state index is 11.8. The van der Waals surface area contributed by atoms with Gasteiger partial charge in [0.2, 0.25) is 23.6 Å². The van der Waals surface area contributed by atoms with Gasteiger partial charge in [-0.2, -0.15) is 0 Å². The van der Waals surface area contributed by atoms with E-state index in [1.165, 1.54) is 0 Å². The standard InChI is InChI=1S/C26H50N4O5/c1-3-5-13-23(31)27-17-11-7-9-15-25(33)29-19-21-35-22-20-30-26(34)16-10-8-12-18-28-24(32)14-6-4-2/h3-22H2,1-2H3,(H,27,31)(H,28,32)(H,29,33)(H,30,34). The second-order valence-electron chi connectivity index (χ2n) is 8.84. The fourth-order valence-electron chi connectivity index (χ4n) is 3.29. The largest absolute Gasteiger partial charge is 0.378 e. The van der Waals surface area contributed by atoms with Crippen molar-refractivity contribution in [1.82, 2.24) is 21.3 Å². The molecule has 0 spiro atoms. The smallest absolute Gasteiger partial charge is 0.220 e. The summed E-state index contributed by atoms with van der Waals surface area (Å²) in [5.41, 5.74) is 0. The summed E-state index contributed by atoms with van der Waals surface area (Å²) in [7, 11) is 0. The molecule has 4 amide bonds. The van der Waals surface area contributed by atoms with Crippen LogP contribution in [0.5, 0.6) is 0 Å². The number of ether oxygens (including phenoxy) is 1. The molecule has 9 heteroatoms. The summed E-state index contributed by atoms with van der Waals surface area (Å²) in [5, 5.41) is 11.5. The van der Waals surface area contributed by atoms with Gasteiger partial charge in [0.25, 0.3) is 0 Å². The Morgan fingerprint density at radius 3 is 1.17 bits per heavy atom. The Balaban J connectivity index is 3.38. The summed E-state index contributed by atoms with van der Waals surface area (Å²) < 4.78 is 5.44. The summed E-state index contributed by atoms with van der Waals surface area (Å²) in [4.78, 5) is 46.6. The Kier molecular flexibility index (Phi) is 23.4. The van der Waals surface area contributed by atoms with Crippen molar-refractivity contribution in [2.75, 3.05) is 39.4 Å². The number of nitrogens with one attached hydrogen (secondary N) is 4. The van der Waals surface area contributed by atoms with Gasteiger partial charge < -0.3 is 26.0 Å². The molecular weight excluding hydrogens is 448 g/mol. The van der Waals surface area contributed by atoms with Crippen molar-refractivity contribution in [2.45, 2.75) is 104 Å². The molecule has 9 nitrogen and oxygen atoms in total. The maximum Gasteiger partial charge on any atom is 0.220 e. The van der Waals surface area contributed by atoms with Gasteiger partial charge >= 0.3 is 0 Å². The Morgan fingerprint density at radius 2 is 0.800 bits per heavy atom. The maximum atomic E-state index is 11.8. The normalized spacial score (nSPS) is 10.6. The minimum Gasteiger partial charge on any atom is -0.378 e. The summed E-state index contributed by atoms with van der Waals surface area (Å²) in [6, 6.07) is 0. The van der Waals surface area contributed by atoms with Crippen molar-refractivity contribution in [3.63, 3.8) is 0 Å². The molecule has 0 aromatic heterocycles. The van der Waals surface area contributed by atoms with E-state index in [4.69, 9.17) is 4.74 Å². The lowest BCUT2D eigenvalue weighted by molar-refractivity contribution is -0.122. The van der Waals surface area contributed by atoms with Gasteiger partial charge in [-0.05, 0) is 38.5 Å². The second kappa shape index (κ2) is 24.9. The Hall–Kier alpha value is -2.16. The predicted molar refractivity (Wildman–Crippen MR) is 139 cm³/mol. The van der Waals surface area contributed by atoms with Gasteiger partial charge in [-0.25, -0.2) is 0 Å². The fraction of sp³-hybridized carbons (Fsp3) is 0.846. The number of unbranched alkanes of at least 4 members (excludes halogenated alkanes) is 6. The first-order valence-electron chi connectivity index (χ1n) is 13.6. The second-order valence-corrected chi connectivity index (χ2v) is 8.84. The average molecular weight is 499 g/mol. The van der Waals surface area contributed by atoms with Crippen LogP contribution in [0.25, 0.3) is 0 Å². The molecule has 0 heterocycles. The number of hydrogen-bond donors (Lipinski definition) is 4. The van der Waals surface area contributed by atoms with Crippen LogP contribution >= 0.6 is 0 Å². The number of carbonyl (C=O) groups is 4. The zero-order valence-corrected chi connectivity index (χ0v) is 22.2. The predicted octanol–water partition coefficient (Wildman–Crippen LogP) is 2.97. The third-order valence-corrected chi connectivity index (χ3v) is 5.46. The summed E-state index contributed by atoms with van der Waals surface area (Å²) in [5.74, 6) is 0.240. The third kappa shape index (κ3) is 24.8. The van der Waals surface area contributed by atoms with Crippen LogP contribution in [-0.2, 0) is 23.9 Å². The molecule has 35 heavy (non-hydrogen) atoms. The van der Waals surface area contributed by atoms with E-state index in [1.807, 2.05) is 0 Å². The first-order chi connectivity index (χ1) is 17.0. The fourth-order valence-corrected chi connectivity index (χ4v) is 3.29. The molecule has 0 aromatic rings. The number of amides is 4. The summed E-state index contributed by atoms with van der Waals surface area (Å²) in [6.07, 6.45) is 11.2. The topological polar surface area (TPSA) is 126 Å². The number of carbonyl (C=O) groups excluding carboxylic acids is 4. The molecule has 0 atom stereocenters. The van der Waals surface area contributed by atoms with E-state index in [2.05, 4.69) is 35.1 Å². The minimum absolute atomic E-state index is 0.00871. The Labute approximate surface area is 212 Å². The molecule has 0 aliphatic heterocycles. The highest BCUT2D eigenvalue weighted by atomic mass is 16.5. The molecule has 0 fully saturated rings. The highest BCUT2D eigenvalue weighted by molar-refractivity contribution is 5.76. The summed E-state index contributed by atoms with van der Waals surface area (Å²) in [6.45, 7) is 7.21. The van der Waals surface area contributed by atoms with E-state index in [-0.39, 0.29) is 23.6 Å². The van der Waals surface area contributed by atoms with Crippen molar-refractivity contribution in [3.8, 4) is 0 Å². The van der Waals surface area contributed by atoms with Gasteiger partial charge in [-0.15, -0.1) is 0 Å². The van der Waals surface area contributed by atoms with Gasteiger partial charge in [0, 0.05) is 51.9 Å². The first kappa shape index (κ1) is 32.8. The molecule has 0 aliphatic carbocycles. The number of rotatable bonds is 24. The lowest BCUT2D eigenvalue weighted by Gasteiger charge is -2.08. The average Bonchev–Trinajstić information content (AvgIpc) is 2.84. The van der Waals surface area contributed by atoms with Gasteiger partial charge in [-0.1, -0.05) is 39.5 Å². The molecule has 0 radical (unpaired) electrons. The van der Waals surface area contributed by atoms with Crippen LogP contribution in [0, 0.1) is 0 Å². The van der Waals surface area contributed by atoms with Crippen LogP contribution in [0.2, 0.25) is 0 Å². The van der Waals surface area contributed by atoms with E-state index in [0.717, 1.165) is 64.2 Å². The van der Waals surface area contributed by atoms with Crippen molar-refractivity contribution in [1.29, 1.82) is 0 Å². The van der Waals surface area contributed by atoms with Crippen LogP contribution < -0.4 is 21.3 Å². The molecule has 0 saturated carbocycles. The van der Waals surface area contributed by atoms with Crippen LogP contribution in [-0.4, -0.2) is 63.0 Å². The van der Waals surface area contributed by atoms with E-state index in [1.54, 1.807) is 0 Å². The first-order valence-corrected chi connectivity index (χ1v) is 13.6. The highest BCUT2D eigenvalue weighted by Gasteiger charge is 2.04. The van der Waals surface area contributed by atoms with Crippen LogP contribution in [0.3, 0.4) is 0 Å². The molecule has 0 aliphatic rings. The Bertz CT molecular complexity index is 524. The van der Waals surface area contributed by atoms with Crippen LogP contribution in [0.1, 0.15) is 104 Å². The van der Waals surface area contributed by atoms with Gasteiger partial charge in [0.15, 0.2) is 0 Å². The molecule has 0 saturated heterocycles. The molecule has 204 valence electrons. The summed E-state index contributed by atoms with van der Waals surface area (Å²) >= 11 is 0. The molecule has 0 bridgehead atoms. The van der Waals surface area contributed by atoms with E-state index >= 15 is 0 Å². The lowest BCUT2D eigenvalue weighted by atomic mass is 10.2. The van der Waals surface area contributed by atoms with Crippen molar-refractivity contribution in [3.05, 3.63) is 0 Å². The van der Waals surface area contributed by atoms with E-state index in [0.29, 0.717) is 65.1 Å². The van der Waals surface area contributed by atoms with Gasteiger partial charge in [-0.3, -0.25) is 19.2 Å². The molecule has 0 unspecified atom stereocenters. The van der Waals surface area contributed by atoms with Gasteiger partial charge in [0.1, 0.15) is 0 Å². The van der Waals surface area contributed by atoms with Crippen molar-refractivity contribution >= 4 is 23.6 Å². The van der Waals surface area contributed by atoms with Gasteiger partial charge in [0.05, 0.1) is 13.2 Å². The van der Waals surface area contributed by atoms with E-state index < -0.39 is 0 Å². The third-order valence-electron chi connectivity index (χ3n) is 5.46. The molecule has 4 N–H and O–H groups in total. The van der Waals surface area contributed by atoms with E-state index in [9.17, 15) is 19.2 Å². The lowest BCUT2D eigenvalue weighted by Crippen LogP contribution is -2.30. The zero-order valence-electron chi connectivity index (χ0n) is 22.2. The molecule has 0 aromatic carbocycles. The molecule has 0 rings (SSSR count). The SMILES string of the molecule is CCCCC(=O)NCCCCCC(=O)NCCOCCNC(=O)CCCCCNC(=O)CCCC. The van der Waals surface area contributed by atoms with Crippen LogP contribution in [0.4, 0.5) is 0 Å². The molecular formula is C26H50N4O5. The van der Waals surface area contributed by atoms with Crippen molar-refractivity contribution < 1.29 is 23.9 Å². The Morgan fingerprint density at radius 1 is 0.457 bits per heavy atom. The van der Waals surface area contributed by atoms with Crippen molar-refractivity contribution in [2.24, 2.45) is 0 Å². The quantitative estimate of drug-likeness (QED) is 0.152. The zero-order chi connectivity index (χ0) is 26.0. The number of hydrogen-bond acceptors (Lipinski definition) is 5.